The van der Waals surface area contributed by atoms with Crippen molar-refractivity contribution in [1.82, 2.24) is 0 Å². The maximum atomic E-state index is 11.2. The van der Waals surface area contributed by atoms with Gasteiger partial charge in [-0.3, -0.25) is 9.59 Å². The van der Waals surface area contributed by atoms with Crippen LogP contribution in [0.5, 0.6) is 0 Å². The summed E-state index contributed by atoms with van der Waals surface area (Å²) < 4.78 is 4.83. The number of esters is 1. The van der Waals surface area contributed by atoms with Crippen molar-refractivity contribution in [2.24, 2.45) is 0 Å². The Balaban J connectivity index is -0.000000521. The summed E-state index contributed by atoms with van der Waals surface area (Å²) in [7, 11) is 0. The summed E-state index contributed by atoms with van der Waals surface area (Å²) in [5, 5.41) is 8.46. The Kier molecular flexibility index (Phi) is 35.7. The van der Waals surface area contributed by atoms with E-state index in [1.54, 1.807) is 0 Å². The van der Waals surface area contributed by atoms with Gasteiger partial charge < -0.3 is 12.7 Å². The van der Waals surface area contributed by atoms with Gasteiger partial charge in [0.1, 0.15) is 0 Å². The van der Waals surface area contributed by atoms with Crippen LogP contribution in [0.3, 0.4) is 0 Å². The van der Waals surface area contributed by atoms with Crippen molar-refractivity contribution in [2.45, 2.75) is 116 Å². The first-order chi connectivity index (χ1) is 12.7. The van der Waals surface area contributed by atoms with Gasteiger partial charge in [0.25, 0.3) is 0 Å². The third-order valence-electron chi connectivity index (χ3n) is 4.56. The first-order valence-electron chi connectivity index (χ1n) is 10.7. The molecule has 0 aromatic rings. The van der Waals surface area contributed by atoms with Crippen LogP contribution in [-0.2, 0) is 14.3 Å². The van der Waals surface area contributed by atoms with E-state index >= 15 is 0 Å². The molecule has 0 saturated carbocycles. The summed E-state index contributed by atoms with van der Waals surface area (Å²) in [6.45, 7) is 2.26. The Hall–Kier alpha value is 1.95. The van der Waals surface area contributed by atoms with Crippen molar-refractivity contribution in [3.63, 3.8) is 0 Å². The topological polar surface area (TPSA) is 63.6 Å². The molecule has 0 aromatic heterocycles. The SMILES string of the molecule is CCCCCCCCCCCCCCCCC=COC(=O)CCC(=O)O.[H-].[H-].[K+].[K+]. The van der Waals surface area contributed by atoms with Gasteiger partial charge in [0.2, 0.25) is 0 Å². The molecule has 28 heavy (non-hydrogen) atoms. The first kappa shape index (κ1) is 34.6. The van der Waals surface area contributed by atoms with Gasteiger partial charge >= 0.3 is 115 Å². The number of unbranched alkanes of at least 4 members (excludes halogenated alkanes) is 14. The van der Waals surface area contributed by atoms with Gasteiger partial charge in [-0.1, -0.05) is 90.4 Å². The second kappa shape index (κ2) is 29.0. The van der Waals surface area contributed by atoms with Gasteiger partial charge in [-0.15, -0.1) is 0 Å². The quantitative estimate of drug-likeness (QED) is 0.139. The molecule has 1 N–H and O–H groups in total. The van der Waals surface area contributed by atoms with Crippen LogP contribution in [0.1, 0.15) is 119 Å². The van der Waals surface area contributed by atoms with Crippen molar-refractivity contribution in [3.05, 3.63) is 12.3 Å². The molecule has 156 valence electrons. The number of carbonyl (C=O) groups is 2. The fourth-order valence-corrected chi connectivity index (χ4v) is 2.92. The van der Waals surface area contributed by atoms with Gasteiger partial charge in [-0.2, -0.15) is 0 Å². The van der Waals surface area contributed by atoms with E-state index < -0.39 is 11.9 Å². The standard InChI is InChI=1S/C22H40O4.2K.2H/c1-2-3-4-5-6-7-8-9-10-11-12-13-14-15-16-17-20-26-22(25)19-18-21(23)24;;;;/h17,20H,2-16,18-19H2,1H3,(H,23,24);;;;/q;2*+1;2*-1. The fraction of sp³-hybridized carbons (Fsp3) is 0.818. The fourth-order valence-electron chi connectivity index (χ4n) is 2.92. The second-order valence-electron chi connectivity index (χ2n) is 7.14. The summed E-state index contributed by atoms with van der Waals surface area (Å²) in [6.07, 6.45) is 22.8. The number of allylic oxidation sites excluding steroid dienone is 1. The van der Waals surface area contributed by atoms with Gasteiger partial charge in [-0.05, 0) is 18.9 Å². The van der Waals surface area contributed by atoms with E-state index in [2.05, 4.69) is 6.92 Å². The monoisotopic (exact) mass is 448 g/mol. The maximum Gasteiger partial charge on any atom is 1.00 e. The molecule has 0 rings (SSSR count). The molecule has 0 atom stereocenters. The number of hydrogen-bond acceptors (Lipinski definition) is 3. The van der Waals surface area contributed by atoms with Gasteiger partial charge in [0.15, 0.2) is 0 Å². The minimum absolute atomic E-state index is 0. The average molecular weight is 449 g/mol. The largest absolute Gasteiger partial charge is 1.00 e. The van der Waals surface area contributed by atoms with Crippen LogP contribution in [0, 0.1) is 0 Å². The van der Waals surface area contributed by atoms with E-state index in [1.807, 2.05) is 6.08 Å². The molecule has 0 heterocycles. The predicted octanol–water partition coefficient (Wildman–Crippen LogP) is 1.01. The molecule has 0 saturated heterocycles. The molecule has 0 spiro atoms. The molecule has 6 heteroatoms. The van der Waals surface area contributed by atoms with Gasteiger partial charge in [0.05, 0.1) is 19.1 Å². The number of carboxylic acid groups (broad SMARTS) is 1. The Morgan fingerprint density at radius 3 is 1.61 bits per heavy atom. The number of carbonyl (C=O) groups excluding carboxylic acids is 1. The molecule has 0 aliphatic heterocycles. The van der Waals surface area contributed by atoms with Crippen molar-refractivity contribution >= 4 is 11.9 Å². The van der Waals surface area contributed by atoms with Crippen LogP contribution < -0.4 is 103 Å². The third-order valence-corrected chi connectivity index (χ3v) is 4.56. The summed E-state index contributed by atoms with van der Waals surface area (Å²) in [5.74, 6) is -1.46. The van der Waals surface area contributed by atoms with Crippen LogP contribution in [0.15, 0.2) is 12.3 Å². The number of ether oxygens (including phenoxy) is 1. The Bertz CT molecular complexity index is 384. The van der Waals surface area contributed by atoms with E-state index in [0.29, 0.717) is 0 Å². The molecule has 0 aromatic carbocycles. The number of aliphatic carboxylic acids is 1. The smallest absolute Gasteiger partial charge is 1.00 e. The maximum absolute atomic E-state index is 11.2. The predicted molar refractivity (Wildman–Crippen MR) is 109 cm³/mol. The summed E-state index contributed by atoms with van der Waals surface area (Å²) in [5.41, 5.74) is 0. The van der Waals surface area contributed by atoms with Crippen molar-refractivity contribution < 1.29 is 125 Å². The van der Waals surface area contributed by atoms with Crippen LogP contribution in [0.25, 0.3) is 0 Å². The molecule has 0 fully saturated rings. The van der Waals surface area contributed by atoms with Crippen molar-refractivity contribution in [3.8, 4) is 0 Å². The molecular weight excluding hydrogens is 406 g/mol. The summed E-state index contributed by atoms with van der Waals surface area (Å²) >= 11 is 0. The molecule has 0 amide bonds. The van der Waals surface area contributed by atoms with Crippen LogP contribution in [-0.4, -0.2) is 17.0 Å². The Labute approximate surface area is 261 Å². The van der Waals surface area contributed by atoms with E-state index in [0.717, 1.165) is 12.8 Å². The van der Waals surface area contributed by atoms with Crippen LogP contribution in [0.2, 0.25) is 0 Å². The number of rotatable bonds is 19. The van der Waals surface area contributed by atoms with Crippen molar-refractivity contribution in [1.29, 1.82) is 0 Å². The number of carboxylic acids is 1. The zero-order valence-corrected chi connectivity index (χ0v) is 25.1. The molecule has 0 unspecified atom stereocenters. The second-order valence-corrected chi connectivity index (χ2v) is 7.14. The third kappa shape index (κ3) is 30.1. The van der Waals surface area contributed by atoms with E-state index in [4.69, 9.17) is 9.84 Å². The van der Waals surface area contributed by atoms with Gasteiger partial charge in [0, 0.05) is 0 Å². The molecular formula is C22H42K2O4. The minimum atomic E-state index is -0.978. The molecule has 0 aliphatic rings. The molecule has 4 nitrogen and oxygen atoms in total. The Morgan fingerprint density at radius 1 is 0.750 bits per heavy atom. The zero-order chi connectivity index (χ0) is 19.3. The summed E-state index contributed by atoms with van der Waals surface area (Å²) in [4.78, 5) is 21.5. The van der Waals surface area contributed by atoms with Crippen LogP contribution >= 0.6 is 0 Å². The normalized spacial score (nSPS) is 10.3. The first-order valence-corrected chi connectivity index (χ1v) is 10.7. The molecule has 0 aliphatic carbocycles. The van der Waals surface area contributed by atoms with E-state index in [9.17, 15) is 9.59 Å². The minimum Gasteiger partial charge on any atom is -1.00 e. The van der Waals surface area contributed by atoms with Crippen molar-refractivity contribution in [2.75, 3.05) is 0 Å². The zero-order valence-electron chi connectivity index (χ0n) is 20.8. The number of hydrogen-bond donors (Lipinski definition) is 1. The van der Waals surface area contributed by atoms with E-state index in [1.165, 1.54) is 89.7 Å². The van der Waals surface area contributed by atoms with Crippen LogP contribution in [0.4, 0.5) is 0 Å². The molecule has 0 bridgehead atoms. The Morgan fingerprint density at radius 2 is 1.18 bits per heavy atom. The summed E-state index contributed by atoms with van der Waals surface area (Å²) in [6, 6.07) is 0. The van der Waals surface area contributed by atoms with Gasteiger partial charge in [-0.25, -0.2) is 0 Å². The van der Waals surface area contributed by atoms with E-state index in [-0.39, 0.29) is 118 Å². The molecule has 0 radical (unpaired) electrons. The average Bonchev–Trinajstić information content (AvgIpc) is 2.62.